The fourth-order valence-electron chi connectivity index (χ4n) is 2.06. The number of aryl methyl sites for hydroxylation is 1. The van der Waals surface area contributed by atoms with E-state index in [0.29, 0.717) is 11.3 Å². The Kier molecular flexibility index (Phi) is 4.09. The first-order valence-corrected chi connectivity index (χ1v) is 5.87. The molecule has 1 aromatic heterocycles. The number of ether oxygens (including phenoxy) is 1. The molecule has 0 saturated carbocycles. The van der Waals surface area contributed by atoms with Gasteiger partial charge in [0.05, 0.1) is 13.2 Å². The van der Waals surface area contributed by atoms with Gasteiger partial charge in [-0.05, 0) is 42.3 Å². The lowest BCUT2D eigenvalue weighted by molar-refractivity contribution is 0.402. The van der Waals surface area contributed by atoms with Gasteiger partial charge in [0.2, 0.25) is 0 Å². The zero-order valence-electron chi connectivity index (χ0n) is 10.9. The molecule has 5 heteroatoms. The summed E-state index contributed by atoms with van der Waals surface area (Å²) in [6, 6.07) is 5.85. The van der Waals surface area contributed by atoms with Gasteiger partial charge in [0.1, 0.15) is 11.6 Å². The van der Waals surface area contributed by atoms with Crippen LogP contribution >= 0.6 is 0 Å². The lowest BCUT2D eigenvalue weighted by atomic mass is 9.96. The largest absolute Gasteiger partial charge is 0.496 e. The van der Waals surface area contributed by atoms with Crippen molar-refractivity contribution in [3.8, 4) is 5.75 Å². The molecule has 0 bridgehead atoms. The highest BCUT2D eigenvalue weighted by atomic mass is 19.1. The summed E-state index contributed by atoms with van der Waals surface area (Å²) in [5.74, 6) is 5.86. The van der Waals surface area contributed by atoms with E-state index in [9.17, 15) is 4.39 Å². The van der Waals surface area contributed by atoms with Crippen LogP contribution in [-0.2, 0) is 0 Å². The zero-order chi connectivity index (χ0) is 13.8. The summed E-state index contributed by atoms with van der Waals surface area (Å²) in [7, 11) is 1.54. The van der Waals surface area contributed by atoms with E-state index in [1.807, 2.05) is 13.0 Å². The Bertz CT molecular complexity index is 574. The van der Waals surface area contributed by atoms with Crippen LogP contribution in [0, 0.1) is 12.7 Å². The number of hydrogen-bond donors (Lipinski definition) is 2. The van der Waals surface area contributed by atoms with Crippen molar-refractivity contribution in [2.24, 2.45) is 5.84 Å². The van der Waals surface area contributed by atoms with E-state index < -0.39 is 0 Å². The highest BCUT2D eigenvalue weighted by Gasteiger charge is 2.19. The fraction of sp³-hybridized carbons (Fsp3) is 0.214. The predicted molar refractivity (Wildman–Crippen MR) is 71.1 cm³/mol. The minimum atomic E-state index is -0.376. The third-order valence-corrected chi connectivity index (χ3v) is 3.06. The van der Waals surface area contributed by atoms with Gasteiger partial charge in [0.15, 0.2) is 0 Å². The molecular weight excluding hydrogens is 245 g/mol. The van der Waals surface area contributed by atoms with E-state index >= 15 is 0 Å². The third kappa shape index (κ3) is 2.72. The Hall–Kier alpha value is -1.98. The number of pyridine rings is 1. The summed E-state index contributed by atoms with van der Waals surface area (Å²) in [5.41, 5.74) is 5.23. The second-order valence-corrected chi connectivity index (χ2v) is 4.22. The van der Waals surface area contributed by atoms with Crippen LogP contribution in [0.3, 0.4) is 0 Å². The number of halogens is 1. The number of hydrazine groups is 1. The van der Waals surface area contributed by atoms with Crippen molar-refractivity contribution in [3.05, 3.63) is 59.2 Å². The number of aromatic nitrogens is 1. The van der Waals surface area contributed by atoms with Gasteiger partial charge in [-0.2, -0.15) is 0 Å². The van der Waals surface area contributed by atoms with Crippen molar-refractivity contribution >= 4 is 0 Å². The summed E-state index contributed by atoms with van der Waals surface area (Å²) in [5, 5.41) is 0. The molecule has 4 nitrogen and oxygen atoms in total. The molecule has 2 aromatic rings. The fourth-order valence-corrected chi connectivity index (χ4v) is 2.06. The van der Waals surface area contributed by atoms with Gasteiger partial charge in [0, 0.05) is 18.0 Å². The molecule has 0 amide bonds. The number of rotatable bonds is 4. The van der Waals surface area contributed by atoms with E-state index in [2.05, 4.69) is 10.4 Å². The minimum absolute atomic E-state index is 0.336. The number of methoxy groups -OCH3 is 1. The Morgan fingerprint density at radius 2 is 2.11 bits per heavy atom. The summed E-state index contributed by atoms with van der Waals surface area (Å²) in [6.45, 7) is 1.95. The Labute approximate surface area is 111 Å². The van der Waals surface area contributed by atoms with Crippen LogP contribution in [0.5, 0.6) is 5.75 Å². The van der Waals surface area contributed by atoms with E-state index in [4.69, 9.17) is 10.6 Å². The van der Waals surface area contributed by atoms with Crippen LogP contribution in [0.4, 0.5) is 4.39 Å². The monoisotopic (exact) mass is 261 g/mol. The van der Waals surface area contributed by atoms with E-state index in [1.165, 1.54) is 12.1 Å². The van der Waals surface area contributed by atoms with Crippen molar-refractivity contribution in [1.29, 1.82) is 0 Å². The molecule has 1 atom stereocenters. The summed E-state index contributed by atoms with van der Waals surface area (Å²) in [4.78, 5) is 4.09. The number of hydrogen-bond acceptors (Lipinski definition) is 4. The number of nitrogens with zero attached hydrogens (tertiary/aromatic N) is 1. The molecule has 19 heavy (non-hydrogen) atoms. The smallest absolute Gasteiger partial charge is 0.124 e. The molecule has 1 aromatic carbocycles. The molecule has 0 spiro atoms. The normalized spacial score (nSPS) is 12.2. The number of nitrogens with two attached hydrogens (primary N) is 1. The maximum atomic E-state index is 13.5. The molecule has 0 fully saturated rings. The van der Waals surface area contributed by atoms with Crippen molar-refractivity contribution in [2.75, 3.05) is 7.11 Å². The molecule has 2 rings (SSSR count). The van der Waals surface area contributed by atoms with E-state index in [0.717, 1.165) is 11.1 Å². The summed E-state index contributed by atoms with van der Waals surface area (Å²) in [6.07, 6.45) is 3.42. The van der Waals surface area contributed by atoms with E-state index in [1.54, 1.807) is 25.6 Å². The van der Waals surface area contributed by atoms with Crippen LogP contribution in [0.2, 0.25) is 0 Å². The predicted octanol–water partition coefficient (Wildman–Crippen LogP) is 2.09. The second-order valence-electron chi connectivity index (χ2n) is 4.22. The third-order valence-electron chi connectivity index (χ3n) is 3.06. The van der Waals surface area contributed by atoms with Gasteiger partial charge < -0.3 is 4.74 Å². The van der Waals surface area contributed by atoms with Crippen molar-refractivity contribution < 1.29 is 9.13 Å². The first-order chi connectivity index (χ1) is 9.17. The Morgan fingerprint density at radius 3 is 2.74 bits per heavy atom. The molecular formula is C14H16FN3O. The molecule has 0 aliphatic carbocycles. The summed E-state index contributed by atoms with van der Waals surface area (Å²) >= 11 is 0. The summed E-state index contributed by atoms with van der Waals surface area (Å²) < 4.78 is 18.7. The van der Waals surface area contributed by atoms with Crippen molar-refractivity contribution in [3.63, 3.8) is 0 Å². The highest BCUT2D eigenvalue weighted by molar-refractivity contribution is 5.43. The van der Waals surface area contributed by atoms with Crippen LogP contribution in [0.1, 0.15) is 22.7 Å². The Morgan fingerprint density at radius 1 is 1.32 bits per heavy atom. The second kappa shape index (κ2) is 5.77. The number of nitrogens with one attached hydrogen (secondary N) is 1. The standard InChI is InChI=1S/C14H16FN3O/c1-9-5-6-17-8-12(9)14(18-16)11-7-10(15)3-4-13(11)19-2/h3-8,14,18H,16H2,1-2H3. The number of benzene rings is 1. The molecule has 0 aliphatic rings. The van der Waals surface area contributed by atoms with Crippen molar-refractivity contribution in [1.82, 2.24) is 10.4 Å². The first-order valence-electron chi connectivity index (χ1n) is 5.87. The maximum Gasteiger partial charge on any atom is 0.124 e. The van der Waals surface area contributed by atoms with Crippen LogP contribution in [0.15, 0.2) is 36.7 Å². The van der Waals surface area contributed by atoms with Crippen LogP contribution in [0.25, 0.3) is 0 Å². The molecule has 0 saturated heterocycles. The topological polar surface area (TPSA) is 60.2 Å². The van der Waals surface area contributed by atoms with Crippen LogP contribution < -0.4 is 16.0 Å². The van der Waals surface area contributed by atoms with Gasteiger partial charge in [0.25, 0.3) is 0 Å². The lowest BCUT2D eigenvalue weighted by Crippen LogP contribution is -2.30. The van der Waals surface area contributed by atoms with Crippen LogP contribution in [-0.4, -0.2) is 12.1 Å². The Balaban J connectivity index is 2.54. The molecule has 0 aliphatic heterocycles. The average Bonchev–Trinajstić information content (AvgIpc) is 2.42. The van der Waals surface area contributed by atoms with Crippen molar-refractivity contribution in [2.45, 2.75) is 13.0 Å². The first kappa shape index (κ1) is 13.5. The molecule has 1 unspecified atom stereocenters. The van der Waals surface area contributed by atoms with Gasteiger partial charge in [-0.25, -0.2) is 9.82 Å². The van der Waals surface area contributed by atoms with Gasteiger partial charge in [-0.15, -0.1) is 0 Å². The molecule has 100 valence electrons. The molecule has 1 heterocycles. The quantitative estimate of drug-likeness (QED) is 0.653. The lowest BCUT2D eigenvalue weighted by Gasteiger charge is -2.20. The van der Waals surface area contributed by atoms with E-state index in [-0.39, 0.29) is 11.9 Å². The zero-order valence-corrected chi connectivity index (χ0v) is 10.9. The minimum Gasteiger partial charge on any atom is -0.496 e. The van der Waals surface area contributed by atoms with Gasteiger partial charge >= 0.3 is 0 Å². The highest BCUT2D eigenvalue weighted by Crippen LogP contribution is 2.31. The molecule has 3 N–H and O–H groups in total. The average molecular weight is 261 g/mol. The van der Waals surface area contributed by atoms with Gasteiger partial charge in [-0.1, -0.05) is 0 Å². The SMILES string of the molecule is COc1ccc(F)cc1C(NN)c1cnccc1C. The maximum absolute atomic E-state index is 13.5. The van der Waals surface area contributed by atoms with Gasteiger partial charge in [-0.3, -0.25) is 10.8 Å². The molecule has 0 radical (unpaired) electrons.